The van der Waals surface area contributed by atoms with E-state index < -0.39 is 0 Å². The summed E-state index contributed by atoms with van der Waals surface area (Å²) >= 11 is 3.00. The second kappa shape index (κ2) is 9.45. The fourth-order valence-corrected chi connectivity index (χ4v) is 4.28. The van der Waals surface area contributed by atoms with E-state index in [0.29, 0.717) is 34.1 Å². The van der Waals surface area contributed by atoms with Crippen LogP contribution in [0, 0.1) is 9.39 Å². The standard InChI is InChI=1S/C21H17FINO4S/c1-3-8-28-19-16(23)9-14(10-17(19)27-2)11-18-20(25)24(21(26)29-18)12-13-4-6-15(22)7-5-13/h3-7,9-11H,1,8,12H2,2H3/b18-11-. The molecule has 1 fully saturated rings. The molecule has 2 amide bonds. The molecule has 0 bridgehead atoms. The molecular formula is C21H17FINO4S. The molecule has 3 rings (SSSR count). The largest absolute Gasteiger partial charge is 0.493 e. The molecule has 0 aromatic heterocycles. The van der Waals surface area contributed by atoms with E-state index in [-0.39, 0.29) is 23.5 Å². The van der Waals surface area contributed by atoms with Gasteiger partial charge in [-0.15, -0.1) is 0 Å². The van der Waals surface area contributed by atoms with Crippen LogP contribution in [0.15, 0.2) is 54.0 Å². The lowest BCUT2D eigenvalue weighted by atomic mass is 10.1. The highest BCUT2D eigenvalue weighted by molar-refractivity contribution is 14.1. The quantitative estimate of drug-likeness (QED) is 0.281. The number of carbonyl (C=O) groups excluding carboxylic acids is 2. The number of imide groups is 1. The van der Waals surface area contributed by atoms with Crippen LogP contribution in [0.3, 0.4) is 0 Å². The summed E-state index contributed by atoms with van der Waals surface area (Å²) in [5, 5.41) is -0.363. The minimum atomic E-state index is -0.384. The number of hydrogen-bond donors (Lipinski definition) is 0. The molecule has 0 radical (unpaired) electrons. The van der Waals surface area contributed by atoms with Crippen molar-refractivity contribution in [3.05, 3.63) is 74.5 Å². The Morgan fingerprint density at radius 2 is 1.97 bits per heavy atom. The van der Waals surface area contributed by atoms with Gasteiger partial charge in [0.05, 0.1) is 22.1 Å². The first-order valence-corrected chi connectivity index (χ1v) is 10.4. The average Bonchev–Trinajstić information content (AvgIpc) is 2.95. The Bertz CT molecular complexity index is 991. The summed E-state index contributed by atoms with van der Waals surface area (Å²) in [5.41, 5.74) is 1.39. The fourth-order valence-electron chi connectivity index (χ4n) is 2.67. The molecule has 0 aliphatic carbocycles. The molecule has 1 saturated heterocycles. The Morgan fingerprint density at radius 1 is 1.24 bits per heavy atom. The summed E-state index contributed by atoms with van der Waals surface area (Å²) in [4.78, 5) is 26.5. The summed E-state index contributed by atoms with van der Waals surface area (Å²) in [6.45, 7) is 4.07. The van der Waals surface area contributed by atoms with Crippen molar-refractivity contribution >= 4 is 51.6 Å². The maximum absolute atomic E-state index is 13.1. The van der Waals surface area contributed by atoms with Crippen molar-refractivity contribution in [3.63, 3.8) is 0 Å². The Morgan fingerprint density at radius 3 is 2.62 bits per heavy atom. The third kappa shape index (κ3) is 4.99. The highest BCUT2D eigenvalue weighted by Gasteiger charge is 2.35. The molecule has 0 saturated carbocycles. The Kier molecular flexibility index (Phi) is 6.96. The number of ether oxygens (including phenoxy) is 2. The van der Waals surface area contributed by atoms with E-state index in [2.05, 4.69) is 29.2 Å². The lowest BCUT2D eigenvalue weighted by Gasteiger charge is -2.13. The topological polar surface area (TPSA) is 55.8 Å². The van der Waals surface area contributed by atoms with Crippen LogP contribution in [0.25, 0.3) is 6.08 Å². The zero-order valence-corrected chi connectivity index (χ0v) is 18.5. The van der Waals surface area contributed by atoms with E-state index in [4.69, 9.17) is 9.47 Å². The molecule has 0 N–H and O–H groups in total. The molecular weight excluding hydrogens is 508 g/mol. The highest BCUT2D eigenvalue weighted by Crippen LogP contribution is 2.37. The molecule has 29 heavy (non-hydrogen) atoms. The van der Waals surface area contributed by atoms with Crippen molar-refractivity contribution in [1.82, 2.24) is 4.90 Å². The lowest BCUT2D eigenvalue weighted by Crippen LogP contribution is -2.27. The van der Waals surface area contributed by atoms with Gasteiger partial charge in [0.25, 0.3) is 11.1 Å². The van der Waals surface area contributed by atoms with E-state index in [1.165, 1.54) is 19.2 Å². The monoisotopic (exact) mass is 525 g/mol. The van der Waals surface area contributed by atoms with E-state index in [1.54, 1.807) is 30.4 Å². The molecule has 0 unspecified atom stereocenters. The van der Waals surface area contributed by atoms with Gasteiger partial charge in [-0.05, 0) is 75.8 Å². The van der Waals surface area contributed by atoms with Gasteiger partial charge in [0.2, 0.25) is 0 Å². The normalized spacial score (nSPS) is 15.1. The minimum absolute atomic E-state index is 0.0947. The number of carbonyl (C=O) groups is 2. The van der Waals surface area contributed by atoms with Gasteiger partial charge in [-0.3, -0.25) is 14.5 Å². The number of thioether (sulfide) groups is 1. The summed E-state index contributed by atoms with van der Waals surface area (Å²) in [6, 6.07) is 9.29. The van der Waals surface area contributed by atoms with Gasteiger partial charge in [0.15, 0.2) is 11.5 Å². The van der Waals surface area contributed by atoms with Crippen molar-refractivity contribution in [1.29, 1.82) is 0 Å². The van der Waals surface area contributed by atoms with Crippen LogP contribution in [0.5, 0.6) is 11.5 Å². The van der Waals surface area contributed by atoms with Gasteiger partial charge in [0.1, 0.15) is 12.4 Å². The number of hydrogen-bond acceptors (Lipinski definition) is 5. The second-order valence-electron chi connectivity index (χ2n) is 6.03. The van der Waals surface area contributed by atoms with Crippen LogP contribution in [0.2, 0.25) is 0 Å². The van der Waals surface area contributed by atoms with Crippen molar-refractivity contribution in [3.8, 4) is 11.5 Å². The van der Waals surface area contributed by atoms with Crippen LogP contribution < -0.4 is 9.47 Å². The number of methoxy groups -OCH3 is 1. The molecule has 1 aliphatic heterocycles. The first-order valence-electron chi connectivity index (χ1n) is 8.54. The van der Waals surface area contributed by atoms with E-state index >= 15 is 0 Å². The average molecular weight is 525 g/mol. The first kappa shape index (κ1) is 21.4. The third-order valence-corrected chi connectivity index (χ3v) is 5.73. The highest BCUT2D eigenvalue weighted by atomic mass is 127. The number of benzene rings is 2. The molecule has 1 heterocycles. The van der Waals surface area contributed by atoms with Crippen molar-refractivity contribution in [2.45, 2.75) is 6.54 Å². The molecule has 2 aromatic carbocycles. The van der Waals surface area contributed by atoms with E-state index in [0.717, 1.165) is 20.2 Å². The maximum Gasteiger partial charge on any atom is 0.293 e. The number of amides is 2. The van der Waals surface area contributed by atoms with Gasteiger partial charge < -0.3 is 9.47 Å². The molecule has 5 nitrogen and oxygen atoms in total. The summed E-state index contributed by atoms with van der Waals surface area (Å²) < 4.78 is 24.9. The summed E-state index contributed by atoms with van der Waals surface area (Å²) in [5.74, 6) is 0.363. The molecule has 8 heteroatoms. The third-order valence-electron chi connectivity index (χ3n) is 4.02. The molecule has 150 valence electrons. The van der Waals surface area contributed by atoms with Gasteiger partial charge in [-0.1, -0.05) is 24.8 Å². The summed E-state index contributed by atoms with van der Waals surface area (Å²) in [7, 11) is 1.53. The summed E-state index contributed by atoms with van der Waals surface area (Å²) in [6.07, 6.45) is 3.29. The fraction of sp³-hybridized carbons (Fsp3) is 0.143. The Balaban J connectivity index is 1.84. The number of rotatable bonds is 7. The SMILES string of the molecule is C=CCOc1c(I)cc(/C=C2\SC(=O)N(Cc3ccc(F)cc3)C2=O)cc1OC. The van der Waals surface area contributed by atoms with Crippen molar-refractivity contribution in [2.24, 2.45) is 0 Å². The molecule has 0 spiro atoms. The predicted molar refractivity (Wildman–Crippen MR) is 119 cm³/mol. The number of halogens is 2. The van der Waals surface area contributed by atoms with Gasteiger partial charge in [-0.25, -0.2) is 4.39 Å². The van der Waals surface area contributed by atoms with E-state index in [1.807, 2.05) is 6.07 Å². The predicted octanol–water partition coefficient (Wildman–Crippen LogP) is 5.24. The van der Waals surface area contributed by atoms with Crippen molar-refractivity contribution in [2.75, 3.05) is 13.7 Å². The van der Waals surface area contributed by atoms with Crippen LogP contribution in [0.1, 0.15) is 11.1 Å². The number of nitrogens with zero attached hydrogens (tertiary/aromatic N) is 1. The first-order chi connectivity index (χ1) is 13.9. The molecule has 2 aromatic rings. The van der Waals surface area contributed by atoms with Gasteiger partial charge >= 0.3 is 0 Å². The minimum Gasteiger partial charge on any atom is -0.493 e. The van der Waals surface area contributed by atoms with Crippen LogP contribution in [0.4, 0.5) is 9.18 Å². The van der Waals surface area contributed by atoms with E-state index in [9.17, 15) is 14.0 Å². The smallest absolute Gasteiger partial charge is 0.293 e. The second-order valence-corrected chi connectivity index (χ2v) is 8.18. The maximum atomic E-state index is 13.1. The van der Waals surface area contributed by atoms with Crippen molar-refractivity contribution < 1.29 is 23.5 Å². The molecule has 1 aliphatic rings. The van der Waals surface area contributed by atoms with Gasteiger partial charge in [0, 0.05) is 0 Å². The zero-order valence-electron chi connectivity index (χ0n) is 15.5. The lowest BCUT2D eigenvalue weighted by molar-refractivity contribution is -0.123. The Labute approximate surface area is 185 Å². The van der Waals surface area contributed by atoms with Crippen LogP contribution >= 0.6 is 34.4 Å². The van der Waals surface area contributed by atoms with Gasteiger partial charge in [-0.2, -0.15) is 0 Å². The Hall–Kier alpha value is -2.33. The van der Waals surface area contributed by atoms with Crippen LogP contribution in [-0.2, 0) is 11.3 Å². The zero-order chi connectivity index (χ0) is 21.0. The van der Waals surface area contributed by atoms with Crippen LogP contribution in [-0.4, -0.2) is 29.8 Å². The molecule has 0 atom stereocenters.